The SMILES string of the molecule is N#C[C@H](C[C@H]1CCNC1=O)NC(=O)[C@H]1[C@@H]2CC[C@@H](CC2(F)F)N1C(=O)c1cc2scc(Cl)c2[nH]1. The highest BCUT2D eigenvalue weighted by Gasteiger charge is 2.60. The van der Waals surface area contributed by atoms with Gasteiger partial charge in [-0.15, -0.1) is 11.3 Å². The molecule has 4 aliphatic rings. The van der Waals surface area contributed by atoms with Gasteiger partial charge in [0.2, 0.25) is 11.8 Å². The molecule has 1 aliphatic carbocycles. The smallest absolute Gasteiger partial charge is 0.271 e. The summed E-state index contributed by atoms with van der Waals surface area (Å²) in [7, 11) is 0. The molecule has 3 amide bonds. The summed E-state index contributed by atoms with van der Waals surface area (Å²) in [6.07, 6.45) is 0.594. The number of nitrogens with one attached hydrogen (secondary N) is 3. The average Bonchev–Trinajstić information content (AvgIpc) is 3.49. The number of aromatic amines is 1. The van der Waals surface area contributed by atoms with Crippen LogP contribution in [0.15, 0.2) is 11.4 Å². The van der Waals surface area contributed by atoms with Crippen molar-refractivity contribution < 1.29 is 23.2 Å². The van der Waals surface area contributed by atoms with Crippen molar-refractivity contribution in [3.63, 3.8) is 0 Å². The van der Waals surface area contributed by atoms with E-state index in [2.05, 4.69) is 15.6 Å². The molecule has 34 heavy (non-hydrogen) atoms. The lowest BCUT2D eigenvalue weighted by Crippen LogP contribution is -2.68. The molecule has 6 rings (SSSR count). The fourth-order valence-electron chi connectivity index (χ4n) is 5.49. The van der Waals surface area contributed by atoms with E-state index in [-0.39, 0.29) is 24.4 Å². The molecule has 3 saturated heterocycles. The number of thiophene rings is 1. The fraction of sp³-hybridized carbons (Fsp3) is 0.545. The number of nitriles is 1. The van der Waals surface area contributed by atoms with Crippen LogP contribution in [-0.4, -0.2) is 58.2 Å². The Balaban J connectivity index is 1.42. The van der Waals surface area contributed by atoms with Crippen LogP contribution in [0.5, 0.6) is 0 Å². The summed E-state index contributed by atoms with van der Waals surface area (Å²) in [6.45, 7) is 0.494. The van der Waals surface area contributed by atoms with Crippen molar-refractivity contribution >= 4 is 50.9 Å². The predicted molar refractivity (Wildman–Crippen MR) is 120 cm³/mol. The van der Waals surface area contributed by atoms with Gasteiger partial charge in [0.1, 0.15) is 17.8 Å². The second-order valence-corrected chi connectivity index (χ2v) is 10.5. The van der Waals surface area contributed by atoms with Gasteiger partial charge in [0.05, 0.1) is 27.2 Å². The Morgan fingerprint density at radius 3 is 2.82 bits per heavy atom. The van der Waals surface area contributed by atoms with Crippen LogP contribution in [0.25, 0.3) is 10.2 Å². The Hall–Kier alpha value is -2.71. The normalized spacial score (nSPS) is 28.5. The number of hydrogen-bond donors (Lipinski definition) is 3. The zero-order valence-electron chi connectivity index (χ0n) is 17.9. The van der Waals surface area contributed by atoms with Crippen LogP contribution in [0.3, 0.4) is 0 Å². The highest BCUT2D eigenvalue weighted by Crippen LogP contribution is 2.49. The van der Waals surface area contributed by atoms with Crippen LogP contribution in [0.4, 0.5) is 8.78 Å². The lowest BCUT2D eigenvalue weighted by molar-refractivity contribution is -0.179. The standard InChI is InChI=1S/C22H22ClF2N5O3S/c23-14-9-34-16-6-15(29-17(14)16)21(33)30-12-1-2-13(22(24,25)7-12)18(30)20(32)28-11(8-26)5-10-3-4-27-19(10)31/h6,9-13,18,29H,1-5,7H2,(H,27,31)(H,28,32)/t10-,11+,12+,13+,18-/m1/s1. The van der Waals surface area contributed by atoms with E-state index in [9.17, 15) is 28.4 Å². The maximum Gasteiger partial charge on any atom is 0.271 e. The van der Waals surface area contributed by atoms with Gasteiger partial charge in [0.25, 0.3) is 11.8 Å². The Bertz CT molecular complexity index is 1210. The second-order valence-electron chi connectivity index (χ2n) is 9.17. The molecule has 8 nitrogen and oxygen atoms in total. The average molecular weight is 510 g/mol. The number of alkyl halides is 2. The number of amides is 3. The van der Waals surface area contributed by atoms with Gasteiger partial charge in [0, 0.05) is 30.3 Å². The van der Waals surface area contributed by atoms with Gasteiger partial charge in [-0.05, 0) is 31.7 Å². The van der Waals surface area contributed by atoms with Crippen LogP contribution in [-0.2, 0) is 9.59 Å². The monoisotopic (exact) mass is 509 g/mol. The number of nitrogens with zero attached hydrogens (tertiary/aromatic N) is 2. The molecule has 2 aromatic heterocycles. The molecule has 2 aromatic rings. The van der Waals surface area contributed by atoms with Gasteiger partial charge in [-0.3, -0.25) is 14.4 Å². The van der Waals surface area contributed by atoms with Crippen LogP contribution >= 0.6 is 22.9 Å². The lowest BCUT2D eigenvalue weighted by atomic mass is 9.71. The first-order valence-electron chi connectivity index (χ1n) is 11.1. The molecule has 0 aromatic carbocycles. The lowest BCUT2D eigenvalue weighted by Gasteiger charge is -2.53. The molecular formula is C22H22ClF2N5O3S. The molecular weight excluding hydrogens is 488 g/mol. The fourth-order valence-corrected chi connectivity index (χ4v) is 6.64. The topological polar surface area (TPSA) is 118 Å². The third kappa shape index (κ3) is 3.82. The first kappa shape index (κ1) is 23.1. The summed E-state index contributed by atoms with van der Waals surface area (Å²) in [5.41, 5.74) is 0.764. The van der Waals surface area contributed by atoms with Crippen molar-refractivity contribution in [2.24, 2.45) is 11.8 Å². The molecule has 1 saturated carbocycles. The van der Waals surface area contributed by atoms with Crippen molar-refractivity contribution in [2.75, 3.05) is 6.54 Å². The maximum atomic E-state index is 14.9. The number of aromatic nitrogens is 1. The van der Waals surface area contributed by atoms with Crippen molar-refractivity contribution in [3.8, 4) is 6.07 Å². The van der Waals surface area contributed by atoms with E-state index in [0.717, 1.165) is 4.70 Å². The first-order chi connectivity index (χ1) is 16.2. The van der Waals surface area contributed by atoms with E-state index in [1.165, 1.54) is 16.2 Å². The molecule has 5 atom stereocenters. The van der Waals surface area contributed by atoms with E-state index in [1.54, 1.807) is 11.4 Å². The number of piperidine rings is 2. The Morgan fingerprint density at radius 2 is 2.18 bits per heavy atom. The quantitative estimate of drug-likeness (QED) is 0.574. The minimum atomic E-state index is -3.10. The molecule has 12 heteroatoms. The summed E-state index contributed by atoms with van der Waals surface area (Å²) in [5, 5.41) is 16.9. The van der Waals surface area contributed by atoms with Gasteiger partial charge in [-0.2, -0.15) is 5.26 Å². The molecule has 0 unspecified atom stereocenters. The van der Waals surface area contributed by atoms with Crippen molar-refractivity contribution in [1.29, 1.82) is 5.26 Å². The third-order valence-electron chi connectivity index (χ3n) is 7.13. The van der Waals surface area contributed by atoms with Crippen molar-refractivity contribution in [3.05, 3.63) is 22.2 Å². The zero-order valence-corrected chi connectivity index (χ0v) is 19.5. The van der Waals surface area contributed by atoms with E-state index in [0.29, 0.717) is 29.9 Å². The molecule has 180 valence electrons. The Morgan fingerprint density at radius 1 is 1.38 bits per heavy atom. The van der Waals surface area contributed by atoms with Crippen molar-refractivity contribution in [2.45, 2.75) is 56.2 Å². The highest BCUT2D eigenvalue weighted by molar-refractivity contribution is 7.17. The van der Waals surface area contributed by atoms with Gasteiger partial charge in [-0.1, -0.05) is 11.6 Å². The predicted octanol–water partition coefficient (Wildman–Crippen LogP) is 3.05. The van der Waals surface area contributed by atoms with E-state index >= 15 is 0 Å². The minimum Gasteiger partial charge on any atom is -0.356 e. The summed E-state index contributed by atoms with van der Waals surface area (Å²) in [5.74, 6) is -6.42. The molecule has 5 heterocycles. The van der Waals surface area contributed by atoms with Gasteiger partial charge in [-0.25, -0.2) is 8.78 Å². The van der Waals surface area contributed by atoms with Gasteiger partial charge in [0.15, 0.2) is 0 Å². The van der Waals surface area contributed by atoms with Gasteiger partial charge < -0.3 is 20.5 Å². The molecule has 3 N–H and O–H groups in total. The Kier molecular flexibility index (Phi) is 5.76. The Labute approximate surface area is 202 Å². The molecule has 4 fully saturated rings. The van der Waals surface area contributed by atoms with Crippen molar-refractivity contribution in [1.82, 2.24) is 20.5 Å². The molecule has 2 bridgehead atoms. The number of halogens is 3. The number of H-pyrrole nitrogens is 1. The molecule has 0 spiro atoms. The maximum absolute atomic E-state index is 14.9. The van der Waals surface area contributed by atoms with Crippen LogP contribution < -0.4 is 10.6 Å². The summed E-state index contributed by atoms with van der Waals surface area (Å²) in [6, 6.07) is 0.323. The summed E-state index contributed by atoms with van der Waals surface area (Å²) < 4.78 is 30.5. The zero-order chi connectivity index (χ0) is 24.2. The number of rotatable bonds is 5. The van der Waals surface area contributed by atoms with E-state index in [4.69, 9.17) is 11.6 Å². The van der Waals surface area contributed by atoms with E-state index in [1.807, 2.05) is 6.07 Å². The van der Waals surface area contributed by atoms with Crippen LogP contribution in [0, 0.1) is 23.2 Å². The summed E-state index contributed by atoms with van der Waals surface area (Å²) >= 11 is 7.49. The second kappa shape index (κ2) is 8.50. The minimum absolute atomic E-state index is 0.0879. The van der Waals surface area contributed by atoms with Gasteiger partial charge >= 0.3 is 0 Å². The number of fused-ring (bicyclic) bond motifs is 4. The number of carbonyl (C=O) groups is 3. The summed E-state index contributed by atoms with van der Waals surface area (Å²) in [4.78, 5) is 42.9. The van der Waals surface area contributed by atoms with Crippen LogP contribution in [0.1, 0.15) is 42.6 Å². The molecule has 3 aliphatic heterocycles. The highest BCUT2D eigenvalue weighted by atomic mass is 35.5. The first-order valence-corrected chi connectivity index (χ1v) is 12.4. The molecule has 0 radical (unpaired) electrons. The number of hydrogen-bond acceptors (Lipinski definition) is 5. The largest absolute Gasteiger partial charge is 0.356 e. The third-order valence-corrected chi connectivity index (χ3v) is 8.49. The van der Waals surface area contributed by atoms with Crippen LogP contribution in [0.2, 0.25) is 5.02 Å². The van der Waals surface area contributed by atoms with E-state index < -0.39 is 54.1 Å². The number of carbonyl (C=O) groups excluding carboxylic acids is 3.